The lowest BCUT2D eigenvalue weighted by Gasteiger charge is -2.10. The van der Waals surface area contributed by atoms with Crippen molar-refractivity contribution in [1.29, 1.82) is 0 Å². The Balaban J connectivity index is 3.22. The highest BCUT2D eigenvalue weighted by Gasteiger charge is 2.30. The zero-order chi connectivity index (χ0) is 12.3. The first-order valence-electron chi connectivity index (χ1n) is 4.64. The van der Waals surface area contributed by atoms with Crippen LogP contribution in [0, 0.1) is 0 Å². The van der Waals surface area contributed by atoms with Gasteiger partial charge in [-0.25, -0.2) is 4.99 Å². The average Bonchev–Trinajstić information content (AvgIpc) is 2.15. The zero-order valence-corrected chi connectivity index (χ0v) is 8.67. The van der Waals surface area contributed by atoms with Gasteiger partial charge >= 0.3 is 6.18 Å². The number of hydrogen-bond acceptors (Lipinski definition) is 1. The lowest BCUT2D eigenvalue weighted by molar-refractivity contribution is -0.137. The van der Waals surface area contributed by atoms with Crippen LogP contribution in [-0.4, -0.2) is 5.96 Å². The van der Waals surface area contributed by atoms with Crippen molar-refractivity contribution in [2.24, 2.45) is 16.5 Å². The van der Waals surface area contributed by atoms with Crippen molar-refractivity contribution < 1.29 is 13.2 Å². The fourth-order valence-corrected chi connectivity index (χ4v) is 1.29. The van der Waals surface area contributed by atoms with E-state index in [2.05, 4.69) is 4.99 Å². The van der Waals surface area contributed by atoms with Crippen LogP contribution in [0.5, 0.6) is 0 Å². The van der Waals surface area contributed by atoms with Crippen LogP contribution >= 0.6 is 0 Å². The number of benzene rings is 1. The minimum Gasteiger partial charge on any atom is -0.370 e. The Morgan fingerprint density at radius 3 is 2.38 bits per heavy atom. The second kappa shape index (κ2) is 4.42. The van der Waals surface area contributed by atoms with Crippen LogP contribution < -0.4 is 11.5 Å². The topological polar surface area (TPSA) is 64.4 Å². The van der Waals surface area contributed by atoms with Crippen molar-refractivity contribution in [1.82, 2.24) is 0 Å². The van der Waals surface area contributed by atoms with Crippen LogP contribution in [-0.2, 0) is 12.6 Å². The third-order valence-corrected chi connectivity index (χ3v) is 2.04. The summed E-state index contributed by atoms with van der Waals surface area (Å²) in [6, 6.07) is 3.28. The molecule has 0 saturated carbocycles. The first kappa shape index (κ1) is 12.4. The van der Waals surface area contributed by atoms with Crippen molar-refractivity contribution in [2.45, 2.75) is 19.5 Å². The van der Waals surface area contributed by atoms with Crippen LogP contribution in [0.25, 0.3) is 0 Å². The van der Waals surface area contributed by atoms with E-state index in [4.69, 9.17) is 11.5 Å². The van der Waals surface area contributed by atoms with Gasteiger partial charge in [0.05, 0.1) is 11.3 Å². The van der Waals surface area contributed by atoms with Gasteiger partial charge in [0.15, 0.2) is 5.96 Å². The summed E-state index contributed by atoms with van der Waals surface area (Å²) in [7, 11) is 0. The molecule has 3 nitrogen and oxygen atoms in total. The van der Waals surface area contributed by atoms with Gasteiger partial charge in [-0.15, -0.1) is 0 Å². The smallest absolute Gasteiger partial charge is 0.370 e. The van der Waals surface area contributed by atoms with E-state index in [-0.39, 0.29) is 5.96 Å². The summed E-state index contributed by atoms with van der Waals surface area (Å²) < 4.78 is 37.2. The molecule has 1 aromatic carbocycles. The Kier molecular flexibility index (Phi) is 3.41. The van der Waals surface area contributed by atoms with Gasteiger partial charge < -0.3 is 11.5 Å². The van der Waals surface area contributed by atoms with Crippen LogP contribution in [0.3, 0.4) is 0 Å². The highest BCUT2D eigenvalue weighted by atomic mass is 19.4. The number of rotatable bonds is 2. The number of aryl methyl sites for hydroxylation is 1. The van der Waals surface area contributed by atoms with E-state index >= 15 is 0 Å². The Labute approximate surface area is 91.0 Å². The van der Waals surface area contributed by atoms with E-state index in [0.29, 0.717) is 17.7 Å². The predicted molar refractivity (Wildman–Crippen MR) is 56.3 cm³/mol. The summed E-state index contributed by atoms with van der Waals surface area (Å²) in [6.45, 7) is 1.74. The molecule has 0 spiro atoms. The van der Waals surface area contributed by atoms with Crippen LogP contribution in [0.15, 0.2) is 23.2 Å². The number of hydrogen-bond donors (Lipinski definition) is 2. The molecule has 1 rings (SSSR count). The summed E-state index contributed by atoms with van der Waals surface area (Å²) in [5, 5.41) is 0. The monoisotopic (exact) mass is 231 g/mol. The molecular formula is C10H12F3N3. The maximum Gasteiger partial charge on any atom is 0.416 e. The van der Waals surface area contributed by atoms with Crippen LogP contribution in [0.2, 0.25) is 0 Å². The number of halogens is 3. The molecule has 0 unspecified atom stereocenters. The first-order valence-corrected chi connectivity index (χ1v) is 4.64. The Morgan fingerprint density at radius 2 is 1.94 bits per heavy atom. The van der Waals surface area contributed by atoms with Gasteiger partial charge in [0, 0.05) is 0 Å². The van der Waals surface area contributed by atoms with Crippen molar-refractivity contribution in [2.75, 3.05) is 0 Å². The molecule has 0 aliphatic rings. The first-order chi connectivity index (χ1) is 7.34. The number of guanidine groups is 1. The predicted octanol–water partition coefficient (Wildman–Crippen LogP) is 2.17. The van der Waals surface area contributed by atoms with E-state index in [0.717, 1.165) is 12.1 Å². The van der Waals surface area contributed by atoms with Gasteiger partial charge in [-0.2, -0.15) is 13.2 Å². The fourth-order valence-electron chi connectivity index (χ4n) is 1.29. The van der Waals surface area contributed by atoms with Gasteiger partial charge in [0.25, 0.3) is 0 Å². The zero-order valence-electron chi connectivity index (χ0n) is 8.67. The lowest BCUT2D eigenvalue weighted by atomic mass is 10.1. The molecule has 0 amide bonds. The maximum atomic E-state index is 12.4. The van der Waals surface area contributed by atoms with E-state index in [1.807, 2.05) is 0 Å². The second-order valence-corrected chi connectivity index (χ2v) is 3.23. The third kappa shape index (κ3) is 2.88. The highest BCUT2D eigenvalue weighted by molar-refractivity contribution is 5.79. The summed E-state index contributed by atoms with van der Waals surface area (Å²) in [6.07, 6.45) is -3.92. The molecule has 0 radical (unpaired) electrons. The van der Waals surface area contributed by atoms with E-state index < -0.39 is 11.7 Å². The van der Waals surface area contributed by atoms with Gasteiger partial charge in [-0.3, -0.25) is 0 Å². The molecule has 0 aliphatic carbocycles. The summed E-state index contributed by atoms with van der Waals surface area (Å²) in [5.74, 6) is -0.172. The lowest BCUT2D eigenvalue weighted by Crippen LogP contribution is -2.22. The molecule has 4 N–H and O–H groups in total. The summed E-state index contributed by atoms with van der Waals surface area (Å²) in [5.41, 5.74) is 10.5. The van der Waals surface area contributed by atoms with Gasteiger partial charge in [0.2, 0.25) is 0 Å². The minimum absolute atomic E-state index is 0.172. The number of nitrogens with two attached hydrogens (primary N) is 2. The fraction of sp³-hybridized carbons (Fsp3) is 0.300. The molecule has 16 heavy (non-hydrogen) atoms. The largest absolute Gasteiger partial charge is 0.416 e. The molecular weight excluding hydrogens is 219 g/mol. The molecule has 88 valence electrons. The molecule has 0 fully saturated rings. The molecule has 0 atom stereocenters. The quantitative estimate of drug-likeness (QED) is 0.605. The second-order valence-electron chi connectivity index (χ2n) is 3.23. The van der Waals surface area contributed by atoms with Crippen LogP contribution in [0.4, 0.5) is 18.9 Å². The van der Waals surface area contributed by atoms with Crippen molar-refractivity contribution in [3.63, 3.8) is 0 Å². The number of alkyl halides is 3. The normalized spacial score (nSPS) is 11.2. The van der Waals surface area contributed by atoms with Gasteiger partial charge in [0.1, 0.15) is 0 Å². The third-order valence-electron chi connectivity index (χ3n) is 2.04. The van der Waals surface area contributed by atoms with Gasteiger partial charge in [-0.1, -0.05) is 6.92 Å². The average molecular weight is 231 g/mol. The van der Waals surface area contributed by atoms with Crippen molar-refractivity contribution in [3.05, 3.63) is 29.3 Å². The Morgan fingerprint density at radius 1 is 1.31 bits per heavy atom. The molecule has 0 saturated heterocycles. The number of aliphatic imine (C=N–C) groups is 1. The highest BCUT2D eigenvalue weighted by Crippen LogP contribution is 2.32. The molecule has 6 heteroatoms. The standard InChI is InChI=1S/C10H12F3N3/c1-2-6-5-7(10(11,12)13)3-4-8(6)16-9(14)15/h3-5H,2H2,1H3,(H4,14,15,16). The van der Waals surface area contributed by atoms with Crippen LogP contribution in [0.1, 0.15) is 18.1 Å². The van der Waals surface area contributed by atoms with E-state index in [1.165, 1.54) is 6.07 Å². The molecule has 0 aromatic heterocycles. The summed E-state index contributed by atoms with van der Waals surface area (Å²) in [4.78, 5) is 3.76. The summed E-state index contributed by atoms with van der Waals surface area (Å²) >= 11 is 0. The SMILES string of the molecule is CCc1cc(C(F)(F)F)ccc1N=C(N)N. The Hall–Kier alpha value is -1.72. The van der Waals surface area contributed by atoms with E-state index in [1.54, 1.807) is 6.92 Å². The molecule has 0 aliphatic heterocycles. The van der Waals surface area contributed by atoms with E-state index in [9.17, 15) is 13.2 Å². The van der Waals surface area contributed by atoms with Crippen molar-refractivity contribution in [3.8, 4) is 0 Å². The Bertz CT molecular complexity index is 406. The maximum absolute atomic E-state index is 12.4. The molecule has 0 bridgehead atoms. The minimum atomic E-state index is -4.35. The molecule has 0 heterocycles. The number of nitrogens with zero attached hydrogens (tertiary/aromatic N) is 1. The molecule has 1 aromatic rings. The van der Waals surface area contributed by atoms with Crippen molar-refractivity contribution >= 4 is 11.6 Å². The van der Waals surface area contributed by atoms with Gasteiger partial charge in [-0.05, 0) is 30.2 Å².